The summed E-state index contributed by atoms with van der Waals surface area (Å²) >= 11 is 0. The Morgan fingerprint density at radius 2 is 2.21 bits per heavy atom. The number of hydrogen-bond acceptors (Lipinski definition) is 3. The summed E-state index contributed by atoms with van der Waals surface area (Å²) in [6.45, 7) is 3.78. The summed E-state index contributed by atoms with van der Waals surface area (Å²) in [6, 6.07) is 0. The number of β-amino-alcohol motifs (C(OH)–C–C–N with tert-alkyl or cyclic N) is 1. The van der Waals surface area contributed by atoms with Crippen LogP contribution in [0.1, 0.15) is 26.2 Å². The number of amides is 1. The van der Waals surface area contributed by atoms with E-state index in [9.17, 15) is 9.90 Å². The van der Waals surface area contributed by atoms with E-state index in [0.717, 1.165) is 25.8 Å². The lowest BCUT2D eigenvalue weighted by molar-refractivity contribution is -0.126. The fourth-order valence-electron chi connectivity index (χ4n) is 1.75. The van der Waals surface area contributed by atoms with Crippen LogP contribution in [0.5, 0.6) is 0 Å². The van der Waals surface area contributed by atoms with Gasteiger partial charge in [0.15, 0.2) is 0 Å². The Hall–Kier alpha value is -0.610. The highest BCUT2D eigenvalue weighted by Crippen LogP contribution is 2.45. The van der Waals surface area contributed by atoms with Crippen LogP contribution < -0.4 is 10.6 Å². The van der Waals surface area contributed by atoms with Crippen LogP contribution in [-0.4, -0.2) is 36.2 Å². The van der Waals surface area contributed by atoms with Gasteiger partial charge in [0.2, 0.25) is 5.91 Å². The van der Waals surface area contributed by atoms with Gasteiger partial charge in [-0.25, -0.2) is 0 Å². The van der Waals surface area contributed by atoms with E-state index in [4.69, 9.17) is 0 Å². The summed E-state index contributed by atoms with van der Waals surface area (Å²) in [4.78, 5) is 11.6. The molecule has 2 aliphatic rings. The van der Waals surface area contributed by atoms with E-state index in [1.54, 1.807) is 0 Å². The first kappa shape index (κ1) is 9.93. The molecule has 1 aliphatic carbocycles. The average Bonchev–Trinajstić information content (AvgIpc) is 2.75. The Bertz CT molecular complexity index is 243. The molecule has 0 aromatic heterocycles. The number of carbonyl (C=O) groups is 1. The maximum absolute atomic E-state index is 11.6. The molecule has 3 N–H and O–H groups in total. The summed E-state index contributed by atoms with van der Waals surface area (Å²) in [5.41, 5.74) is -0.858. The molecule has 1 atom stereocenters. The molecule has 80 valence electrons. The fourth-order valence-corrected chi connectivity index (χ4v) is 1.75. The second kappa shape index (κ2) is 3.21. The summed E-state index contributed by atoms with van der Waals surface area (Å²) in [6.07, 6.45) is 2.69. The molecule has 1 unspecified atom stereocenters. The summed E-state index contributed by atoms with van der Waals surface area (Å²) in [7, 11) is 0. The minimum atomic E-state index is -0.721. The molecule has 4 heteroatoms. The van der Waals surface area contributed by atoms with Crippen molar-refractivity contribution in [2.75, 3.05) is 19.6 Å². The Morgan fingerprint density at radius 1 is 1.50 bits per heavy atom. The van der Waals surface area contributed by atoms with E-state index in [1.165, 1.54) is 0 Å². The first-order valence-electron chi connectivity index (χ1n) is 5.26. The molecule has 0 spiro atoms. The lowest BCUT2D eigenvalue weighted by atomic mass is 10.0. The van der Waals surface area contributed by atoms with Crippen LogP contribution in [0, 0.1) is 5.41 Å². The van der Waals surface area contributed by atoms with Crippen LogP contribution in [0.25, 0.3) is 0 Å². The maximum Gasteiger partial charge on any atom is 0.226 e. The van der Waals surface area contributed by atoms with Crippen molar-refractivity contribution in [3.8, 4) is 0 Å². The highest BCUT2D eigenvalue weighted by Gasteiger charge is 2.45. The van der Waals surface area contributed by atoms with Gasteiger partial charge in [0.25, 0.3) is 0 Å². The van der Waals surface area contributed by atoms with Crippen molar-refractivity contribution in [2.45, 2.75) is 31.8 Å². The molecule has 4 nitrogen and oxygen atoms in total. The number of hydrogen-bond donors (Lipinski definition) is 3. The largest absolute Gasteiger partial charge is 0.387 e. The van der Waals surface area contributed by atoms with Gasteiger partial charge < -0.3 is 15.7 Å². The minimum absolute atomic E-state index is 0.0952. The van der Waals surface area contributed by atoms with Crippen LogP contribution in [0.15, 0.2) is 0 Å². The monoisotopic (exact) mass is 198 g/mol. The first-order valence-corrected chi connectivity index (χ1v) is 5.26. The van der Waals surface area contributed by atoms with Gasteiger partial charge >= 0.3 is 0 Å². The van der Waals surface area contributed by atoms with Gasteiger partial charge in [-0.1, -0.05) is 6.92 Å². The molecule has 2 fully saturated rings. The molecule has 1 aliphatic heterocycles. The summed E-state index contributed by atoms with van der Waals surface area (Å²) in [5.74, 6) is 0.0952. The van der Waals surface area contributed by atoms with Crippen molar-refractivity contribution in [2.24, 2.45) is 5.41 Å². The molecule has 1 amide bonds. The van der Waals surface area contributed by atoms with Crippen molar-refractivity contribution in [1.29, 1.82) is 0 Å². The van der Waals surface area contributed by atoms with E-state index in [0.29, 0.717) is 13.1 Å². The van der Waals surface area contributed by atoms with Crippen LogP contribution >= 0.6 is 0 Å². The van der Waals surface area contributed by atoms with Crippen LogP contribution in [0.2, 0.25) is 0 Å². The zero-order chi connectivity index (χ0) is 10.2. The maximum atomic E-state index is 11.6. The second-order valence-electron chi connectivity index (χ2n) is 4.89. The predicted octanol–water partition coefficient (Wildman–Crippen LogP) is -0.373. The normalized spacial score (nSPS) is 34.1. The van der Waals surface area contributed by atoms with E-state index in [-0.39, 0.29) is 11.3 Å². The second-order valence-corrected chi connectivity index (χ2v) is 4.89. The standard InChI is InChI=1S/C10H18N2O2/c1-9(2-3-9)8(13)12-7-10(14)4-5-11-6-10/h11,14H,2-7H2,1H3,(H,12,13). The van der Waals surface area contributed by atoms with Crippen molar-refractivity contribution < 1.29 is 9.90 Å². The number of carbonyl (C=O) groups excluding carboxylic acids is 1. The van der Waals surface area contributed by atoms with E-state index >= 15 is 0 Å². The molecule has 1 saturated heterocycles. The Labute approximate surface area is 84.1 Å². The molecular formula is C10H18N2O2. The van der Waals surface area contributed by atoms with Crippen LogP contribution in [0.4, 0.5) is 0 Å². The number of aliphatic hydroxyl groups is 1. The molecule has 0 aromatic rings. The van der Waals surface area contributed by atoms with Gasteiger partial charge in [-0.15, -0.1) is 0 Å². The molecule has 0 aromatic carbocycles. The van der Waals surface area contributed by atoms with Crippen LogP contribution in [0.3, 0.4) is 0 Å². The smallest absolute Gasteiger partial charge is 0.226 e. The number of rotatable bonds is 3. The first-order chi connectivity index (χ1) is 6.54. The van der Waals surface area contributed by atoms with Crippen molar-refractivity contribution >= 4 is 5.91 Å². The third kappa shape index (κ3) is 1.91. The fraction of sp³-hybridized carbons (Fsp3) is 0.900. The van der Waals surface area contributed by atoms with E-state index in [1.807, 2.05) is 6.92 Å². The van der Waals surface area contributed by atoms with Gasteiger partial charge in [-0.3, -0.25) is 4.79 Å². The Balaban J connectivity index is 1.79. The molecule has 1 heterocycles. The third-order valence-corrected chi connectivity index (χ3v) is 3.35. The van der Waals surface area contributed by atoms with Gasteiger partial charge in [0.05, 0.1) is 5.60 Å². The molecule has 1 saturated carbocycles. The highest BCUT2D eigenvalue weighted by molar-refractivity contribution is 5.84. The lowest BCUT2D eigenvalue weighted by Crippen LogP contribution is -2.46. The lowest BCUT2D eigenvalue weighted by Gasteiger charge is -2.22. The van der Waals surface area contributed by atoms with Gasteiger partial charge in [-0.05, 0) is 25.8 Å². The number of nitrogens with one attached hydrogen (secondary N) is 2. The van der Waals surface area contributed by atoms with Crippen molar-refractivity contribution in [1.82, 2.24) is 10.6 Å². The van der Waals surface area contributed by atoms with Gasteiger partial charge in [0, 0.05) is 18.5 Å². The summed E-state index contributed by atoms with van der Waals surface area (Å²) in [5, 5.41) is 15.9. The third-order valence-electron chi connectivity index (χ3n) is 3.35. The minimum Gasteiger partial charge on any atom is -0.387 e. The zero-order valence-corrected chi connectivity index (χ0v) is 8.60. The molecule has 2 rings (SSSR count). The average molecular weight is 198 g/mol. The molecule has 14 heavy (non-hydrogen) atoms. The van der Waals surface area contributed by atoms with Crippen molar-refractivity contribution in [3.05, 3.63) is 0 Å². The molecule has 0 bridgehead atoms. The quantitative estimate of drug-likeness (QED) is 0.579. The highest BCUT2D eigenvalue weighted by atomic mass is 16.3. The van der Waals surface area contributed by atoms with E-state index < -0.39 is 5.60 Å². The van der Waals surface area contributed by atoms with Crippen molar-refractivity contribution in [3.63, 3.8) is 0 Å². The Kier molecular flexibility index (Phi) is 2.27. The van der Waals surface area contributed by atoms with Gasteiger partial charge in [0.1, 0.15) is 0 Å². The predicted molar refractivity (Wildman–Crippen MR) is 52.8 cm³/mol. The van der Waals surface area contributed by atoms with E-state index in [2.05, 4.69) is 10.6 Å². The molecule has 0 radical (unpaired) electrons. The summed E-state index contributed by atoms with van der Waals surface area (Å²) < 4.78 is 0. The SMILES string of the molecule is CC1(C(=O)NCC2(O)CCNC2)CC1. The van der Waals surface area contributed by atoms with Crippen LogP contribution in [-0.2, 0) is 4.79 Å². The Morgan fingerprint density at radius 3 is 2.71 bits per heavy atom. The molecular weight excluding hydrogens is 180 g/mol. The van der Waals surface area contributed by atoms with Gasteiger partial charge in [-0.2, -0.15) is 0 Å². The topological polar surface area (TPSA) is 61.4 Å². The zero-order valence-electron chi connectivity index (χ0n) is 8.60.